The summed E-state index contributed by atoms with van der Waals surface area (Å²) in [5.74, 6) is -0.918. The van der Waals surface area contributed by atoms with Crippen LogP contribution in [0.4, 0.5) is 13.9 Å². The minimum absolute atomic E-state index is 0.0274. The summed E-state index contributed by atoms with van der Waals surface area (Å²) in [5.41, 5.74) is 1.24. The molecule has 5 nitrogen and oxygen atoms in total. The summed E-state index contributed by atoms with van der Waals surface area (Å²) in [6.45, 7) is 0.206. The summed E-state index contributed by atoms with van der Waals surface area (Å²) >= 11 is 1.05. The van der Waals surface area contributed by atoms with Gasteiger partial charge in [0.15, 0.2) is 22.4 Å². The molecule has 1 heterocycles. The van der Waals surface area contributed by atoms with Gasteiger partial charge in [0, 0.05) is 11.6 Å². The average Bonchev–Trinajstić information content (AvgIpc) is 3.21. The SMILES string of the molecule is COc1ccc(C(=O)N(Cc2ccccc2)c2nc3c(F)cc(F)cc3s2)cc1OC. The number of fused-ring (bicyclic) bond motifs is 1. The van der Waals surface area contributed by atoms with Crippen molar-refractivity contribution < 1.29 is 23.0 Å². The zero-order valence-corrected chi connectivity index (χ0v) is 17.6. The number of carbonyl (C=O) groups is 1. The van der Waals surface area contributed by atoms with Gasteiger partial charge < -0.3 is 9.47 Å². The van der Waals surface area contributed by atoms with Gasteiger partial charge in [0.1, 0.15) is 11.3 Å². The Morgan fingerprint density at radius 1 is 1.00 bits per heavy atom. The van der Waals surface area contributed by atoms with Crippen LogP contribution in [0.25, 0.3) is 10.2 Å². The molecule has 0 saturated carbocycles. The van der Waals surface area contributed by atoms with Gasteiger partial charge in [-0.3, -0.25) is 9.69 Å². The summed E-state index contributed by atoms with van der Waals surface area (Å²) in [6, 6.07) is 16.2. The molecular formula is C23H18F2N2O3S. The zero-order valence-electron chi connectivity index (χ0n) is 16.8. The number of hydrogen-bond acceptors (Lipinski definition) is 5. The Kier molecular flexibility index (Phi) is 5.81. The largest absolute Gasteiger partial charge is 0.493 e. The maximum Gasteiger partial charge on any atom is 0.260 e. The van der Waals surface area contributed by atoms with Gasteiger partial charge in [0.25, 0.3) is 5.91 Å². The molecule has 0 aliphatic rings. The van der Waals surface area contributed by atoms with Crippen molar-refractivity contribution in [2.24, 2.45) is 0 Å². The second-order valence-electron chi connectivity index (χ2n) is 6.68. The highest BCUT2D eigenvalue weighted by Gasteiger charge is 2.24. The molecule has 0 spiro atoms. The van der Waals surface area contributed by atoms with Crippen LogP contribution in [0.5, 0.6) is 11.5 Å². The molecule has 0 unspecified atom stereocenters. The van der Waals surface area contributed by atoms with E-state index in [2.05, 4.69) is 4.98 Å². The van der Waals surface area contributed by atoms with Crippen molar-refractivity contribution in [3.63, 3.8) is 0 Å². The number of thiazole rings is 1. The van der Waals surface area contributed by atoms with E-state index < -0.39 is 11.6 Å². The molecule has 4 rings (SSSR count). The summed E-state index contributed by atoms with van der Waals surface area (Å²) < 4.78 is 38.8. The number of carbonyl (C=O) groups excluding carboxylic acids is 1. The van der Waals surface area contributed by atoms with Gasteiger partial charge in [0.2, 0.25) is 0 Å². The van der Waals surface area contributed by atoms with Gasteiger partial charge in [-0.2, -0.15) is 0 Å². The van der Waals surface area contributed by atoms with Crippen molar-refractivity contribution >= 4 is 32.6 Å². The Balaban J connectivity index is 1.79. The smallest absolute Gasteiger partial charge is 0.260 e. The second kappa shape index (κ2) is 8.69. The molecule has 0 radical (unpaired) electrons. The molecule has 0 aliphatic heterocycles. The third-order valence-electron chi connectivity index (χ3n) is 4.69. The van der Waals surface area contributed by atoms with E-state index >= 15 is 0 Å². The summed E-state index contributed by atoms with van der Waals surface area (Å²) in [4.78, 5) is 19.2. The van der Waals surface area contributed by atoms with E-state index in [0.29, 0.717) is 21.8 Å². The van der Waals surface area contributed by atoms with Crippen LogP contribution in [0, 0.1) is 11.6 Å². The molecular weight excluding hydrogens is 422 g/mol. The first-order valence-corrected chi connectivity index (χ1v) is 10.1. The standard InChI is InChI=1S/C23H18F2N2O3S/c1-29-18-9-8-15(10-19(18)30-2)22(28)27(13-14-6-4-3-5-7-14)23-26-21-17(25)11-16(24)12-20(21)31-23/h3-12H,13H2,1-2H3. The van der Waals surface area contributed by atoms with Crippen LogP contribution in [-0.2, 0) is 6.54 Å². The maximum absolute atomic E-state index is 14.2. The summed E-state index contributed by atoms with van der Waals surface area (Å²) in [6.07, 6.45) is 0. The van der Waals surface area contributed by atoms with Crippen molar-refractivity contribution in [2.75, 3.05) is 19.1 Å². The third-order valence-corrected chi connectivity index (χ3v) is 5.72. The van der Waals surface area contributed by atoms with Crippen LogP contribution < -0.4 is 14.4 Å². The van der Waals surface area contributed by atoms with E-state index in [9.17, 15) is 13.6 Å². The van der Waals surface area contributed by atoms with Gasteiger partial charge in [0.05, 0.1) is 25.5 Å². The quantitative estimate of drug-likeness (QED) is 0.401. The lowest BCUT2D eigenvalue weighted by Gasteiger charge is -2.20. The highest BCUT2D eigenvalue weighted by molar-refractivity contribution is 7.22. The minimum atomic E-state index is -0.768. The summed E-state index contributed by atoms with van der Waals surface area (Å²) in [7, 11) is 2.99. The second-order valence-corrected chi connectivity index (χ2v) is 7.69. The predicted octanol–water partition coefficient (Wildman–Crippen LogP) is 5.44. The number of halogens is 2. The molecule has 31 heavy (non-hydrogen) atoms. The van der Waals surface area contributed by atoms with E-state index in [1.165, 1.54) is 25.2 Å². The van der Waals surface area contributed by atoms with Crippen LogP contribution in [0.3, 0.4) is 0 Å². The average molecular weight is 440 g/mol. The Hall–Kier alpha value is -3.52. The highest BCUT2D eigenvalue weighted by atomic mass is 32.1. The Bertz CT molecular complexity index is 1240. The number of methoxy groups -OCH3 is 2. The van der Waals surface area contributed by atoms with Crippen molar-refractivity contribution in [3.8, 4) is 11.5 Å². The first-order chi connectivity index (χ1) is 15.0. The van der Waals surface area contributed by atoms with Gasteiger partial charge in [-0.25, -0.2) is 13.8 Å². The first kappa shape index (κ1) is 20.7. The summed E-state index contributed by atoms with van der Waals surface area (Å²) in [5, 5.41) is 0.267. The molecule has 1 amide bonds. The molecule has 0 atom stereocenters. The topological polar surface area (TPSA) is 51.7 Å². The molecule has 158 valence electrons. The fraction of sp³-hybridized carbons (Fsp3) is 0.130. The molecule has 0 bridgehead atoms. The van der Waals surface area contributed by atoms with Gasteiger partial charge in [-0.1, -0.05) is 41.7 Å². The van der Waals surface area contributed by atoms with Gasteiger partial charge in [-0.05, 0) is 29.8 Å². The number of hydrogen-bond donors (Lipinski definition) is 0. The number of aromatic nitrogens is 1. The van der Waals surface area contributed by atoms with Crippen LogP contribution in [0.1, 0.15) is 15.9 Å². The Morgan fingerprint density at radius 2 is 1.74 bits per heavy atom. The number of benzene rings is 3. The Morgan fingerprint density at radius 3 is 2.45 bits per heavy atom. The van der Waals surface area contributed by atoms with Crippen LogP contribution in [0.15, 0.2) is 60.7 Å². The molecule has 3 aromatic carbocycles. The highest BCUT2D eigenvalue weighted by Crippen LogP contribution is 2.34. The van der Waals surface area contributed by atoms with E-state index in [4.69, 9.17) is 9.47 Å². The number of rotatable bonds is 6. The zero-order chi connectivity index (χ0) is 22.0. The fourth-order valence-electron chi connectivity index (χ4n) is 3.18. The van der Waals surface area contributed by atoms with Crippen LogP contribution >= 0.6 is 11.3 Å². The van der Waals surface area contributed by atoms with Crippen LogP contribution in [-0.4, -0.2) is 25.1 Å². The van der Waals surface area contributed by atoms with E-state index in [1.54, 1.807) is 18.2 Å². The monoisotopic (exact) mass is 440 g/mol. The van der Waals surface area contributed by atoms with Gasteiger partial charge in [-0.15, -0.1) is 0 Å². The van der Waals surface area contributed by atoms with Crippen molar-refractivity contribution in [1.29, 1.82) is 0 Å². The maximum atomic E-state index is 14.2. The Labute approximate surface area is 181 Å². The molecule has 4 aromatic rings. The van der Waals surface area contributed by atoms with E-state index in [0.717, 1.165) is 23.0 Å². The lowest BCUT2D eigenvalue weighted by molar-refractivity contribution is 0.0984. The van der Waals surface area contributed by atoms with Gasteiger partial charge >= 0.3 is 0 Å². The predicted molar refractivity (Wildman–Crippen MR) is 116 cm³/mol. The number of amides is 1. The minimum Gasteiger partial charge on any atom is -0.493 e. The lowest BCUT2D eigenvalue weighted by Crippen LogP contribution is -2.30. The lowest BCUT2D eigenvalue weighted by atomic mass is 10.1. The number of nitrogens with zero attached hydrogens (tertiary/aromatic N) is 2. The van der Waals surface area contributed by atoms with E-state index in [-0.39, 0.29) is 23.1 Å². The molecule has 1 aromatic heterocycles. The molecule has 0 fully saturated rings. The first-order valence-electron chi connectivity index (χ1n) is 9.33. The number of anilines is 1. The fourth-order valence-corrected chi connectivity index (χ4v) is 4.18. The molecule has 0 N–H and O–H groups in total. The van der Waals surface area contributed by atoms with E-state index in [1.807, 2.05) is 30.3 Å². The van der Waals surface area contributed by atoms with Crippen molar-refractivity contribution in [3.05, 3.63) is 83.4 Å². The third kappa shape index (κ3) is 4.20. The normalized spacial score (nSPS) is 10.8. The van der Waals surface area contributed by atoms with Crippen LogP contribution in [0.2, 0.25) is 0 Å². The number of ether oxygens (including phenoxy) is 2. The molecule has 8 heteroatoms. The van der Waals surface area contributed by atoms with Crippen molar-refractivity contribution in [1.82, 2.24) is 4.98 Å². The molecule has 0 saturated heterocycles. The molecule has 0 aliphatic carbocycles. The van der Waals surface area contributed by atoms with Crippen molar-refractivity contribution in [2.45, 2.75) is 6.54 Å².